The maximum Gasteiger partial charge on any atom is 0.374 e. The molecule has 8 nitrogen and oxygen atoms in total. The lowest BCUT2D eigenvalue weighted by Crippen LogP contribution is -2.21. The minimum absolute atomic E-state index is 0.0538. The lowest BCUT2D eigenvalue weighted by atomic mass is 10.1. The number of nitrogens with zero attached hydrogens (tertiary/aromatic N) is 1. The minimum Gasteiger partial charge on any atom is -0.450 e. The Labute approximate surface area is 170 Å². The molecule has 0 fully saturated rings. The smallest absolute Gasteiger partial charge is 0.374 e. The zero-order valence-electron chi connectivity index (χ0n) is 15.2. The van der Waals surface area contributed by atoms with Gasteiger partial charge >= 0.3 is 5.97 Å². The van der Waals surface area contributed by atoms with Crippen molar-refractivity contribution in [1.82, 2.24) is 0 Å². The number of furan rings is 1. The van der Waals surface area contributed by atoms with Crippen LogP contribution in [0, 0.1) is 17.0 Å². The maximum absolute atomic E-state index is 12.1. The molecule has 0 saturated carbocycles. The van der Waals surface area contributed by atoms with Gasteiger partial charge in [-0.15, -0.1) is 0 Å². The van der Waals surface area contributed by atoms with Crippen LogP contribution in [0.1, 0.15) is 16.1 Å². The zero-order chi connectivity index (χ0) is 21.0. The second-order valence-electron chi connectivity index (χ2n) is 6.05. The standard InChI is InChI=1S/C20H15ClN2O6/c1-12-10-14(21)4-7-16(12)22-19(24)11-28-20(25)18-9-8-17(29-18)13-2-5-15(6-3-13)23(26)27/h2-10H,11H2,1H3,(H,22,24). The van der Waals surface area contributed by atoms with Gasteiger partial charge in [-0.2, -0.15) is 0 Å². The minimum atomic E-state index is -0.805. The first-order valence-corrected chi connectivity index (χ1v) is 8.79. The molecule has 2 aromatic carbocycles. The van der Waals surface area contributed by atoms with Crippen molar-refractivity contribution in [2.75, 3.05) is 11.9 Å². The van der Waals surface area contributed by atoms with Crippen molar-refractivity contribution in [3.63, 3.8) is 0 Å². The first-order valence-electron chi connectivity index (χ1n) is 8.41. The highest BCUT2D eigenvalue weighted by Crippen LogP contribution is 2.25. The number of carbonyl (C=O) groups excluding carboxylic acids is 2. The largest absolute Gasteiger partial charge is 0.450 e. The molecule has 0 aliphatic heterocycles. The molecule has 0 unspecified atom stereocenters. The van der Waals surface area contributed by atoms with E-state index >= 15 is 0 Å². The summed E-state index contributed by atoms with van der Waals surface area (Å²) in [5, 5.41) is 13.9. The van der Waals surface area contributed by atoms with Gasteiger partial charge < -0.3 is 14.5 Å². The van der Waals surface area contributed by atoms with E-state index < -0.39 is 23.4 Å². The third kappa shape index (κ3) is 4.99. The number of nitrogens with one attached hydrogen (secondary N) is 1. The van der Waals surface area contributed by atoms with Gasteiger partial charge in [0.25, 0.3) is 11.6 Å². The Morgan fingerprint density at radius 1 is 1.14 bits per heavy atom. The van der Waals surface area contributed by atoms with Crippen molar-refractivity contribution in [1.29, 1.82) is 0 Å². The van der Waals surface area contributed by atoms with E-state index in [2.05, 4.69) is 5.32 Å². The average molecular weight is 415 g/mol. The van der Waals surface area contributed by atoms with Crippen LogP contribution in [0.5, 0.6) is 0 Å². The summed E-state index contributed by atoms with van der Waals surface area (Å²) in [5.41, 5.74) is 1.84. The van der Waals surface area contributed by atoms with Crippen LogP contribution in [0.3, 0.4) is 0 Å². The summed E-state index contributed by atoms with van der Waals surface area (Å²) in [7, 11) is 0. The summed E-state index contributed by atoms with van der Waals surface area (Å²) in [6.45, 7) is 1.30. The van der Waals surface area contributed by atoms with Gasteiger partial charge in [0.2, 0.25) is 5.76 Å². The Hall–Kier alpha value is -3.65. The number of nitro groups is 1. The fourth-order valence-electron chi connectivity index (χ4n) is 2.51. The van der Waals surface area contributed by atoms with Crippen LogP contribution in [0.4, 0.5) is 11.4 Å². The Morgan fingerprint density at radius 2 is 1.86 bits per heavy atom. The van der Waals surface area contributed by atoms with Gasteiger partial charge in [-0.3, -0.25) is 14.9 Å². The van der Waals surface area contributed by atoms with Crippen molar-refractivity contribution < 1.29 is 23.7 Å². The first kappa shape index (κ1) is 20.1. The number of halogens is 1. The van der Waals surface area contributed by atoms with E-state index in [9.17, 15) is 19.7 Å². The quantitative estimate of drug-likeness (QED) is 0.358. The molecule has 148 valence electrons. The van der Waals surface area contributed by atoms with Crippen LogP contribution in [0.25, 0.3) is 11.3 Å². The molecule has 1 aromatic heterocycles. The van der Waals surface area contributed by atoms with E-state index in [4.69, 9.17) is 20.8 Å². The van der Waals surface area contributed by atoms with Crippen LogP contribution in [-0.2, 0) is 9.53 Å². The third-order valence-electron chi connectivity index (χ3n) is 3.97. The van der Waals surface area contributed by atoms with E-state index in [1.165, 1.54) is 36.4 Å². The molecule has 1 heterocycles. The fraction of sp³-hybridized carbons (Fsp3) is 0.100. The molecule has 29 heavy (non-hydrogen) atoms. The topological polar surface area (TPSA) is 112 Å². The monoisotopic (exact) mass is 414 g/mol. The second kappa shape index (κ2) is 8.57. The normalized spacial score (nSPS) is 10.4. The molecular formula is C20H15ClN2O6. The number of ether oxygens (including phenoxy) is 1. The van der Waals surface area contributed by atoms with Crippen LogP contribution >= 0.6 is 11.6 Å². The van der Waals surface area contributed by atoms with Gasteiger partial charge in [0.15, 0.2) is 6.61 Å². The second-order valence-corrected chi connectivity index (χ2v) is 6.49. The number of benzene rings is 2. The van der Waals surface area contributed by atoms with Gasteiger partial charge in [0.05, 0.1) is 4.92 Å². The number of nitro benzene ring substituents is 1. The van der Waals surface area contributed by atoms with Gasteiger partial charge in [-0.05, 0) is 55.0 Å². The molecule has 0 spiro atoms. The van der Waals surface area contributed by atoms with Crippen LogP contribution < -0.4 is 5.32 Å². The number of hydrogen-bond donors (Lipinski definition) is 1. The Morgan fingerprint density at radius 3 is 2.52 bits per heavy atom. The van der Waals surface area contributed by atoms with Gasteiger partial charge in [0, 0.05) is 28.4 Å². The predicted molar refractivity (Wildman–Crippen MR) is 106 cm³/mol. The summed E-state index contributed by atoms with van der Waals surface area (Å²) in [6, 6.07) is 13.6. The molecule has 0 atom stereocenters. The molecular weight excluding hydrogens is 400 g/mol. The molecule has 1 amide bonds. The number of amides is 1. The lowest BCUT2D eigenvalue weighted by molar-refractivity contribution is -0.384. The molecule has 1 N–H and O–H groups in total. The highest BCUT2D eigenvalue weighted by atomic mass is 35.5. The van der Waals surface area contributed by atoms with E-state index in [1.54, 1.807) is 25.1 Å². The predicted octanol–water partition coefficient (Wildman–Crippen LogP) is 4.61. The van der Waals surface area contributed by atoms with E-state index in [-0.39, 0.29) is 11.4 Å². The fourth-order valence-corrected chi connectivity index (χ4v) is 2.73. The van der Waals surface area contributed by atoms with E-state index in [0.29, 0.717) is 22.0 Å². The molecule has 0 aliphatic carbocycles. The number of rotatable bonds is 6. The maximum atomic E-state index is 12.1. The first-order chi connectivity index (χ1) is 13.8. The highest BCUT2D eigenvalue weighted by Gasteiger charge is 2.16. The Bertz CT molecular complexity index is 1070. The van der Waals surface area contributed by atoms with Crippen molar-refractivity contribution in [3.05, 3.63) is 81.1 Å². The van der Waals surface area contributed by atoms with Crippen molar-refractivity contribution >= 4 is 34.9 Å². The third-order valence-corrected chi connectivity index (χ3v) is 4.20. The average Bonchev–Trinajstić information content (AvgIpc) is 3.19. The number of anilines is 1. The number of hydrogen-bond acceptors (Lipinski definition) is 6. The number of esters is 1. The van der Waals surface area contributed by atoms with Crippen molar-refractivity contribution in [3.8, 4) is 11.3 Å². The molecule has 0 radical (unpaired) electrons. The summed E-state index contributed by atoms with van der Waals surface area (Å²) in [6.07, 6.45) is 0. The highest BCUT2D eigenvalue weighted by molar-refractivity contribution is 6.30. The summed E-state index contributed by atoms with van der Waals surface area (Å²) in [4.78, 5) is 34.3. The molecule has 9 heteroatoms. The zero-order valence-corrected chi connectivity index (χ0v) is 15.9. The SMILES string of the molecule is Cc1cc(Cl)ccc1NC(=O)COC(=O)c1ccc(-c2ccc([N+](=O)[O-])cc2)o1. The van der Waals surface area contributed by atoms with Crippen LogP contribution in [0.15, 0.2) is 59.0 Å². The van der Waals surface area contributed by atoms with Crippen LogP contribution in [-0.4, -0.2) is 23.4 Å². The Balaban J connectivity index is 1.58. The van der Waals surface area contributed by atoms with E-state index in [0.717, 1.165) is 5.56 Å². The number of non-ortho nitro benzene ring substituents is 1. The van der Waals surface area contributed by atoms with Gasteiger partial charge in [-0.25, -0.2) is 4.79 Å². The lowest BCUT2D eigenvalue weighted by Gasteiger charge is -2.08. The molecule has 0 saturated heterocycles. The molecule has 3 aromatic rings. The van der Waals surface area contributed by atoms with Crippen molar-refractivity contribution in [2.24, 2.45) is 0 Å². The molecule has 0 aliphatic rings. The van der Waals surface area contributed by atoms with Crippen molar-refractivity contribution in [2.45, 2.75) is 6.92 Å². The molecule has 3 rings (SSSR count). The number of aryl methyl sites for hydroxylation is 1. The summed E-state index contributed by atoms with van der Waals surface area (Å²) >= 11 is 5.87. The molecule has 0 bridgehead atoms. The van der Waals surface area contributed by atoms with Gasteiger partial charge in [0.1, 0.15) is 5.76 Å². The Kier molecular flexibility index (Phi) is 5.94. The summed E-state index contributed by atoms with van der Waals surface area (Å²) in [5.74, 6) is -1.06. The number of carbonyl (C=O) groups is 2. The van der Waals surface area contributed by atoms with Crippen LogP contribution in [0.2, 0.25) is 5.02 Å². The van der Waals surface area contributed by atoms with Gasteiger partial charge in [-0.1, -0.05) is 11.6 Å². The van der Waals surface area contributed by atoms with E-state index in [1.807, 2.05) is 0 Å². The summed E-state index contributed by atoms with van der Waals surface area (Å²) < 4.78 is 10.4.